The fraction of sp³-hybridized carbons (Fsp3) is 0.280. The third-order valence-electron chi connectivity index (χ3n) is 6.30. The molecule has 0 unspecified atom stereocenters. The van der Waals surface area contributed by atoms with E-state index in [2.05, 4.69) is 20.4 Å². The highest BCUT2D eigenvalue weighted by molar-refractivity contribution is 6.33. The van der Waals surface area contributed by atoms with Crippen molar-refractivity contribution in [3.63, 3.8) is 0 Å². The van der Waals surface area contributed by atoms with Crippen LogP contribution in [0.3, 0.4) is 0 Å². The van der Waals surface area contributed by atoms with E-state index < -0.39 is 0 Å². The van der Waals surface area contributed by atoms with E-state index in [1.54, 1.807) is 41.3 Å². The zero-order valence-corrected chi connectivity index (χ0v) is 20.7. The molecule has 186 valence electrons. The molecule has 1 aliphatic heterocycles. The molecule has 5 rings (SSSR count). The number of aromatic nitrogens is 5. The number of hydrogen-bond donors (Lipinski definition) is 2. The molecule has 0 bridgehead atoms. The van der Waals surface area contributed by atoms with Crippen molar-refractivity contribution in [2.45, 2.75) is 25.7 Å². The molecule has 0 spiro atoms. The highest BCUT2D eigenvalue weighted by Crippen LogP contribution is 2.34. The number of aliphatic hydroxyl groups is 1. The van der Waals surface area contributed by atoms with Crippen LogP contribution >= 0.6 is 11.6 Å². The standard InChI is InChI=1S/C25H26ClN7O3/c1-31-24(5-7-29-31)30-23-9-19(20(26)10-28-23)17-8-22-25(35)33(18(15-36-2)13-32(22)11-17)12-16-4-3-6-27-21(16)14-34/h3-11,18,34H,12-15H2,1-2H3,(H,28,30)/t18-/m1/s1. The maximum absolute atomic E-state index is 13.7. The minimum atomic E-state index is -0.191. The second-order valence-electron chi connectivity index (χ2n) is 8.59. The Balaban J connectivity index is 1.47. The molecule has 0 radical (unpaired) electrons. The summed E-state index contributed by atoms with van der Waals surface area (Å²) in [5.74, 6) is 1.28. The van der Waals surface area contributed by atoms with Gasteiger partial charge in [-0.15, -0.1) is 0 Å². The predicted octanol–water partition coefficient (Wildman–Crippen LogP) is 3.24. The number of rotatable bonds is 8. The number of halogens is 1. The lowest BCUT2D eigenvalue weighted by Gasteiger charge is -2.36. The summed E-state index contributed by atoms with van der Waals surface area (Å²) in [5, 5.41) is 17.6. The molecule has 0 saturated heterocycles. The van der Waals surface area contributed by atoms with Crippen LogP contribution in [0.1, 0.15) is 21.7 Å². The minimum Gasteiger partial charge on any atom is -0.390 e. The van der Waals surface area contributed by atoms with E-state index in [4.69, 9.17) is 16.3 Å². The molecule has 1 atom stereocenters. The first-order valence-corrected chi connectivity index (χ1v) is 11.8. The van der Waals surface area contributed by atoms with Crippen molar-refractivity contribution in [3.8, 4) is 11.1 Å². The third kappa shape index (κ3) is 4.58. The van der Waals surface area contributed by atoms with Gasteiger partial charge in [-0.25, -0.2) is 4.98 Å². The van der Waals surface area contributed by atoms with Crippen molar-refractivity contribution in [2.24, 2.45) is 7.05 Å². The second kappa shape index (κ2) is 10.1. The molecular formula is C25H26ClN7O3. The summed E-state index contributed by atoms with van der Waals surface area (Å²) in [6.07, 6.45) is 6.86. The summed E-state index contributed by atoms with van der Waals surface area (Å²) in [4.78, 5) is 24.1. The van der Waals surface area contributed by atoms with E-state index in [1.165, 1.54) is 0 Å². The topological polar surface area (TPSA) is 110 Å². The average molecular weight is 508 g/mol. The van der Waals surface area contributed by atoms with Crippen molar-refractivity contribution in [2.75, 3.05) is 19.0 Å². The number of carbonyl (C=O) groups excluding carboxylic acids is 1. The Morgan fingerprint density at radius 3 is 2.86 bits per heavy atom. The molecule has 4 aromatic rings. The third-order valence-corrected chi connectivity index (χ3v) is 6.60. The van der Waals surface area contributed by atoms with Gasteiger partial charge in [-0.2, -0.15) is 5.10 Å². The van der Waals surface area contributed by atoms with Gasteiger partial charge >= 0.3 is 0 Å². The van der Waals surface area contributed by atoms with Crippen LogP contribution in [-0.4, -0.2) is 60.0 Å². The van der Waals surface area contributed by atoms with Gasteiger partial charge in [-0.05, 0) is 23.8 Å². The number of aliphatic hydroxyl groups excluding tert-OH is 1. The van der Waals surface area contributed by atoms with E-state index in [9.17, 15) is 9.90 Å². The van der Waals surface area contributed by atoms with Crippen LogP contribution in [0.15, 0.2) is 55.1 Å². The number of amides is 1. The molecule has 0 aromatic carbocycles. The Morgan fingerprint density at radius 2 is 2.11 bits per heavy atom. The molecule has 0 fully saturated rings. The summed E-state index contributed by atoms with van der Waals surface area (Å²) in [6, 6.07) is 9.05. The molecule has 0 saturated carbocycles. The fourth-order valence-corrected chi connectivity index (χ4v) is 4.67. The highest BCUT2D eigenvalue weighted by atomic mass is 35.5. The van der Waals surface area contributed by atoms with Gasteiger partial charge in [-0.1, -0.05) is 17.7 Å². The van der Waals surface area contributed by atoms with Crippen molar-refractivity contribution < 1.29 is 14.6 Å². The van der Waals surface area contributed by atoms with Gasteiger partial charge < -0.3 is 24.6 Å². The Kier molecular flexibility index (Phi) is 6.73. The van der Waals surface area contributed by atoms with Crippen LogP contribution < -0.4 is 5.32 Å². The lowest BCUT2D eigenvalue weighted by atomic mass is 10.1. The Labute approximate surface area is 213 Å². The average Bonchev–Trinajstić information content (AvgIpc) is 3.49. The largest absolute Gasteiger partial charge is 0.390 e. The van der Waals surface area contributed by atoms with Gasteiger partial charge in [0.05, 0.1) is 36.2 Å². The van der Waals surface area contributed by atoms with Crippen LogP contribution in [0.5, 0.6) is 0 Å². The summed E-state index contributed by atoms with van der Waals surface area (Å²) < 4.78 is 9.09. The summed E-state index contributed by atoms with van der Waals surface area (Å²) in [5.41, 5.74) is 3.49. The van der Waals surface area contributed by atoms with Crippen LogP contribution in [0.25, 0.3) is 11.1 Å². The molecule has 4 aromatic heterocycles. The van der Waals surface area contributed by atoms with Crippen molar-refractivity contribution in [3.05, 3.63) is 77.1 Å². The lowest BCUT2D eigenvalue weighted by molar-refractivity contribution is 0.0386. The number of nitrogens with one attached hydrogen (secondary N) is 1. The molecule has 36 heavy (non-hydrogen) atoms. The first-order valence-electron chi connectivity index (χ1n) is 11.4. The predicted molar refractivity (Wildman–Crippen MR) is 135 cm³/mol. The Bertz CT molecular complexity index is 1400. The Morgan fingerprint density at radius 1 is 1.25 bits per heavy atom. The maximum atomic E-state index is 13.7. The molecule has 1 aliphatic rings. The van der Waals surface area contributed by atoms with Crippen molar-refractivity contribution in [1.82, 2.24) is 29.2 Å². The summed E-state index contributed by atoms with van der Waals surface area (Å²) in [6.45, 7) is 1.07. The molecule has 5 heterocycles. The molecule has 0 aliphatic carbocycles. The van der Waals surface area contributed by atoms with Crippen LogP contribution in [0.4, 0.5) is 11.6 Å². The highest BCUT2D eigenvalue weighted by Gasteiger charge is 2.33. The number of fused-ring (bicyclic) bond motifs is 1. The number of carbonyl (C=O) groups is 1. The molecular weight excluding hydrogens is 482 g/mol. The zero-order chi connectivity index (χ0) is 25.2. The van der Waals surface area contributed by atoms with Gasteiger partial charge in [0.25, 0.3) is 5.91 Å². The summed E-state index contributed by atoms with van der Waals surface area (Å²) in [7, 11) is 3.46. The van der Waals surface area contributed by atoms with Crippen molar-refractivity contribution in [1.29, 1.82) is 0 Å². The zero-order valence-electron chi connectivity index (χ0n) is 19.9. The number of ether oxygens (including phenoxy) is 1. The first-order chi connectivity index (χ1) is 17.5. The van der Waals surface area contributed by atoms with E-state index in [0.717, 1.165) is 22.5 Å². The second-order valence-corrected chi connectivity index (χ2v) is 9.00. The number of anilines is 2. The van der Waals surface area contributed by atoms with E-state index in [1.807, 2.05) is 42.1 Å². The number of methoxy groups -OCH3 is 1. The lowest BCUT2D eigenvalue weighted by Crippen LogP contribution is -2.49. The maximum Gasteiger partial charge on any atom is 0.271 e. The number of pyridine rings is 2. The Hall–Kier alpha value is -3.73. The number of aryl methyl sites for hydroxylation is 1. The minimum absolute atomic E-state index is 0.124. The first kappa shape index (κ1) is 24.0. The van der Waals surface area contributed by atoms with Crippen LogP contribution in [0.2, 0.25) is 5.02 Å². The number of nitrogens with zero attached hydrogens (tertiary/aromatic N) is 6. The monoisotopic (exact) mass is 507 g/mol. The summed E-state index contributed by atoms with van der Waals surface area (Å²) >= 11 is 6.53. The molecule has 10 nitrogen and oxygen atoms in total. The van der Waals surface area contributed by atoms with E-state index >= 15 is 0 Å². The SMILES string of the molecule is COC[C@H]1Cn2cc(-c3cc(Nc4ccnn4C)ncc3Cl)cc2C(=O)N1Cc1cccnc1CO. The van der Waals surface area contributed by atoms with Gasteiger partial charge in [0.2, 0.25) is 0 Å². The quantitative estimate of drug-likeness (QED) is 0.376. The normalized spacial score (nSPS) is 15.3. The smallest absolute Gasteiger partial charge is 0.271 e. The van der Waals surface area contributed by atoms with E-state index in [0.29, 0.717) is 41.9 Å². The van der Waals surface area contributed by atoms with Gasteiger partial charge in [0.15, 0.2) is 0 Å². The van der Waals surface area contributed by atoms with Gasteiger partial charge in [-0.3, -0.25) is 14.5 Å². The molecule has 2 N–H and O–H groups in total. The van der Waals surface area contributed by atoms with Gasteiger partial charge in [0, 0.05) is 63.0 Å². The van der Waals surface area contributed by atoms with Crippen LogP contribution in [0, 0.1) is 0 Å². The number of hydrogen-bond acceptors (Lipinski definition) is 7. The van der Waals surface area contributed by atoms with E-state index in [-0.39, 0.29) is 18.6 Å². The fourth-order valence-electron chi connectivity index (χ4n) is 4.46. The molecule has 1 amide bonds. The van der Waals surface area contributed by atoms with Crippen molar-refractivity contribution >= 4 is 29.1 Å². The van der Waals surface area contributed by atoms with Crippen LogP contribution in [-0.2, 0) is 31.5 Å². The molecule has 11 heteroatoms. The van der Waals surface area contributed by atoms with Gasteiger partial charge in [0.1, 0.15) is 17.3 Å².